The lowest BCUT2D eigenvalue weighted by Crippen LogP contribution is -2.13. The molecule has 0 saturated carbocycles. The van der Waals surface area contributed by atoms with E-state index in [2.05, 4.69) is 15.4 Å². The third-order valence-electron chi connectivity index (χ3n) is 3.42. The summed E-state index contributed by atoms with van der Waals surface area (Å²) in [7, 11) is 0. The minimum Gasteiger partial charge on any atom is -0.461 e. The first kappa shape index (κ1) is 17.6. The first-order valence-electron chi connectivity index (χ1n) is 7.83. The van der Waals surface area contributed by atoms with Gasteiger partial charge in [0.15, 0.2) is 5.69 Å². The van der Waals surface area contributed by atoms with Crippen molar-refractivity contribution in [2.45, 2.75) is 6.92 Å². The SMILES string of the molecule is CCOC(=O)c1ccn(-c2ccc(NC(=O)c3cc(Cl)ccn3)cc2)n1. The Labute approximate surface area is 154 Å². The largest absolute Gasteiger partial charge is 0.461 e. The molecule has 0 unspecified atom stereocenters. The minimum absolute atomic E-state index is 0.229. The van der Waals surface area contributed by atoms with Crippen molar-refractivity contribution < 1.29 is 14.3 Å². The predicted molar refractivity (Wildman–Crippen MR) is 96.7 cm³/mol. The van der Waals surface area contributed by atoms with E-state index in [0.29, 0.717) is 17.3 Å². The molecule has 0 fully saturated rings. The molecule has 2 aromatic heterocycles. The van der Waals surface area contributed by atoms with Crippen LogP contribution in [0.3, 0.4) is 0 Å². The molecule has 0 aliphatic heterocycles. The number of rotatable bonds is 5. The molecule has 1 amide bonds. The van der Waals surface area contributed by atoms with Crippen LogP contribution in [0, 0.1) is 0 Å². The molecule has 7 nitrogen and oxygen atoms in total. The number of nitrogens with zero attached hydrogens (tertiary/aromatic N) is 3. The summed E-state index contributed by atoms with van der Waals surface area (Å²) < 4.78 is 6.46. The molecular formula is C18H15ClN4O3. The molecule has 0 radical (unpaired) electrons. The summed E-state index contributed by atoms with van der Waals surface area (Å²) in [4.78, 5) is 27.8. The van der Waals surface area contributed by atoms with Crippen LogP contribution in [0.25, 0.3) is 5.69 Å². The van der Waals surface area contributed by atoms with Gasteiger partial charge < -0.3 is 10.1 Å². The number of carbonyl (C=O) groups is 2. The summed E-state index contributed by atoms with van der Waals surface area (Å²) in [5.41, 5.74) is 1.79. The normalized spacial score (nSPS) is 10.4. The Kier molecular flexibility index (Phi) is 5.28. The Morgan fingerprint density at radius 1 is 1.15 bits per heavy atom. The number of aromatic nitrogens is 3. The van der Waals surface area contributed by atoms with E-state index in [9.17, 15) is 9.59 Å². The van der Waals surface area contributed by atoms with Gasteiger partial charge in [-0.05, 0) is 49.4 Å². The molecule has 3 aromatic rings. The molecule has 0 aliphatic rings. The summed E-state index contributed by atoms with van der Waals surface area (Å²) in [5.74, 6) is -0.826. The second-order valence-electron chi connectivity index (χ2n) is 5.23. The highest BCUT2D eigenvalue weighted by molar-refractivity contribution is 6.30. The number of ether oxygens (including phenoxy) is 1. The summed E-state index contributed by atoms with van der Waals surface area (Å²) in [6, 6.07) is 11.7. The first-order valence-corrected chi connectivity index (χ1v) is 8.21. The number of hydrogen-bond donors (Lipinski definition) is 1. The number of hydrogen-bond acceptors (Lipinski definition) is 5. The average molecular weight is 371 g/mol. The van der Waals surface area contributed by atoms with Gasteiger partial charge in [0, 0.05) is 23.1 Å². The summed E-state index contributed by atoms with van der Waals surface area (Å²) >= 11 is 5.86. The second-order valence-corrected chi connectivity index (χ2v) is 5.66. The molecule has 8 heteroatoms. The van der Waals surface area contributed by atoms with Crippen molar-refractivity contribution in [3.8, 4) is 5.69 Å². The van der Waals surface area contributed by atoms with Gasteiger partial charge in [-0.25, -0.2) is 9.48 Å². The molecule has 132 valence electrons. The zero-order chi connectivity index (χ0) is 18.5. The van der Waals surface area contributed by atoms with Crippen LogP contribution in [0.15, 0.2) is 54.9 Å². The van der Waals surface area contributed by atoms with Gasteiger partial charge in [0.25, 0.3) is 5.91 Å². The lowest BCUT2D eigenvalue weighted by atomic mass is 10.2. The van der Waals surface area contributed by atoms with Crippen molar-refractivity contribution in [1.29, 1.82) is 0 Å². The molecule has 1 N–H and O–H groups in total. The highest BCUT2D eigenvalue weighted by Crippen LogP contribution is 2.15. The highest BCUT2D eigenvalue weighted by atomic mass is 35.5. The van der Waals surface area contributed by atoms with Crippen molar-refractivity contribution in [3.63, 3.8) is 0 Å². The van der Waals surface area contributed by atoms with E-state index in [4.69, 9.17) is 16.3 Å². The lowest BCUT2D eigenvalue weighted by Gasteiger charge is -2.06. The maximum atomic E-state index is 12.2. The summed E-state index contributed by atoms with van der Waals surface area (Å²) in [5, 5.41) is 7.36. The van der Waals surface area contributed by atoms with Crippen LogP contribution in [0.4, 0.5) is 5.69 Å². The molecule has 0 aliphatic carbocycles. The van der Waals surface area contributed by atoms with Crippen molar-refractivity contribution >= 4 is 29.2 Å². The number of benzene rings is 1. The fourth-order valence-corrected chi connectivity index (χ4v) is 2.36. The summed E-state index contributed by atoms with van der Waals surface area (Å²) in [6.45, 7) is 2.03. The van der Waals surface area contributed by atoms with Crippen LogP contribution < -0.4 is 5.32 Å². The minimum atomic E-state index is -0.468. The van der Waals surface area contributed by atoms with E-state index < -0.39 is 5.97 Å². The quantitative estimate of drug-likeness (QED) is 0.696. The number of pyridine rings is 1. The topological polar surface area (TPSA) is 86.1 Å². The second kappa shape index (κ2) is 7.79. The summed E-state index contributed by atoms with van der Waals surface area (Å²) in [6.07, 6.45) is 3.13. The fourth-order valence-electron chi connectivity index (χ4n) is 2.20. The standard InChI is InChI=1S/C18H15ClN4O3/c1-2-26-18(25)15-8-10-23(22-15)14-5-3-13(4-6-14)21-17(24)16-11-12(19)7-9-20-16/h3-11H,2H2,1H3,(H,21,24). The van der Waals surface area contributed by atoms with Crippen LogP contribution in [0.1, 0.15) is 27.9 Å². The van der Waals surface area contributed by atoms with Crippen molar-refractivity contribution in [2.24, 2.45) is 0 Å². The molecular weight excluding hydrogens is 356 g/mol. The molecule has 2 heterocycles. The first-order chi connectivity index (χ1) is 12.6. The smallest absolute Gasteiger partial charge is 0.358 e. The zero-order valence-corrected chi connectivity index (χ0v) is 14.6. The van der Waals surface area contributed by atoms with Gasteiger partial charge in [0.05, 0.1) is 12.3 Å². The van der Waals surface area contributed by atoms with E-state index >= 15 is 0 Å². The van der Waals surface area contributed by atoms with Gasteiger partial charge >= 0.3 is 5.97 Å². The number of esters is 1. The third kappa shape index (κ3) is 4.07. The fraction of sp³-hybridized carbons (Fsp3) is 0.111. The van der Waals surface area contributed by atoms with Crippen molar-refractivity contribution in [3.05, 3.63) is 71.3 Å². The molecule has 0 spiro atoms. The zero-order valence-electron chi connectivity index (χ0n) is 13.8. The average Bonchev–Trinajstić information content (AvgIpc) is 3.13. The Morgan fingerprint density at radius 2 is 1.92 bits per heavy atom. The van der Waals surface area contributed by atoms with Crippen molar-refractivity contribution in [2.75, 3.05) is 11.9 Å². The monoisotopic (exact) mass is 370 g/mol. The van der Waals surface area contributed by atoms with Gasteiger partial charge in [0.1, 0.15) is 5.69 Å². The van der Waals surface area contributed by atoms with Crippen LogP contribution in [0.5, 0.6) is 0 Å². The Balaban J connectivity index is 1.70. The van der Waals surface area contributed by atoms with Crippen LogP contribution in [-0.4, -0.2) is 33.2 Å². The van der Waals surface area contributed by atoms with Gasteiger partial charge in [-0.2, -0.15) is 5.10 Å². The third-order valence-corrected chi connectivity index (χ3v) is 3.65. The number of anilines is 1. The number of amides is 1. The molecule has 0 bridgehead atoms. The number of carbonyl (C=O) groups excluding carboxylic acids is 2. The maximum Gasteiger partial charge on any atom is 0.358 e. The Morgan fingerprint density at radius 3 is 2.62 bits per heavy atom. The van der Waals surface area contributed by atoms with E-state index in [1.54, 1.807) is 54.2 Å². The lowest BCUT2D eigenvalue weighted by molar-refractivity contribution is 0.0519. The van der Waals surface area contributed by atoms with Gasteiger partial charge in [-0.1, -0.05) is 11.6 Å². The van der Waals surface area contributed by atoms with Gasteiger partial charge in [0.2, 0.25) is 0 Å². The van der Waals surface area contributed by atoms with Crippen LogP contribution >= 0.6 is 11.6 Å². The van der Waals surface area contributed by atoms with Gasteiger partial charge in [-0.15, -0.1) is 0 Å². The molecule has 1 aromatic carbocycles. The molecule has 26 heavy (non-hydrogen) atoms. The predicted octanol–water partition coefficient (Wildman–Crippen LogP) is 3.35. The Hall–Kier alpha value is -3.19. The van der Waals surface area contributed by atoms with Crippen molar-refractivity contribution in [1.82, 2.24) is 14.8 Å². The van der Waals surface area contributed by atoms with E-state index in [-0.39, 0.29) is 17.3 Å². The van der Waals surface area contributed by atoms with Crippen LogP contribution in [0.2, 0.25) is 5.02 Å². The van der Waals surface area contributed by atoms with E-state index in [0.717, 1.165) is 5.69 Å². The highest BCUT2D eigenvalue weighted by Gasteiger charge is 2.11. The maximum absolute atomic E-state index is 12.2. The number of nitrogens with one attached hydrogen (secondary N) is 1. The molecule has 0 atom stereocenters. The van der Waals surface area contributed by atoms with Crippen LogP contribution in [-0.2, 0) is 4.74 Å². The molecule has 0 saturated heterocycles. The van der Waals surface area contributed by atoms with E-state index in [1.807, 2.05) is 0 Å². The molecule has 3 rings (SSSR count). The Bertz CT molecular complexity index is 938. The van der Waals surface area contributed by atoms with Gasteiger partial charge in [-0.3, -0.25) is 9.78 Å². The number of halogens is 1. The van der Waals surface area contributed by atoms with E-state index in [1.165, 1.54) is 12.3 Å².